The van der Waals surface area contributed by atoms with E-state index in [0.717, 1.165) is 19.4 Å². The Morgan fingerprint density at radius 3 is 2.67 bits per heavy atom. The molecular weight excluding hydrogens is 305 g/mol. The summed E-state index contributed by atoms with van der Waals surface area (Å²) in [5.74, 6) is 0.0114. The molecular formula is C11H22INO2. The van der Waals surface area contributed by atoms with Crippen molar-refractivity contribution in [3.8, 4) is 0 Å². The predicted molar refractivity (Wildman–Crippen MR) is 71.5 cm³/mol. The molecule has 0 radical (unpaired) electrons. The fourth-order valence-corrected chi connectivity index (χ4v) is 1.70. The van der Waals surface area contributed by atoms with E-state index in [-0.39, 0.29) is 12.5 Å². The van der Waals surface area contributed by atoms with Crippen molar-refractivity contribution in [2.24, 2.45) is 0 Å². The number of halogens is 1. The van der Waals surface area contributed by atoms with Gasteiger partial charge in [-0.3, -0.25) is 4.79 Å². The minimum Gasteiger partial charge on any atom is -0.372 e. The highest BCUT2D eigenvalue weighted by atomic mass is 127. The SMILES string of the molecule is CCCOCC(=O)NCCCCCCI. The first kappa shape index (κ1) is 15.2. The maximum Gasteiger partial charge on any atom is 0.245 e. The van der Waals surface area contributed by atoms with E-state index in [1.165, 1.54) is 23.7 Å². The molecule has 1 N–H and O–H groups in total. The van der Waals surface area contributed by atoms with Gasteiger partial charge in [0, 0.05) is 13.2 Å². The Labute approximate surface area is 106 Å². The Morgan fingerprint density at radius 2 is 2.00 bits per heavy atom. The Morgan fingerprint density at radius 1 is 1.27 bits per heavy atom. The van der Waals surface area contributed by atoms with Crippen molar-refractivity contribution in [2.45, 2.75) is 39.0 Å². The molecule has 15 heavy (non-hydrogen) atoms. The number of unbranched alkanes of at least 4 members (excludes halogenated alkanes) is 3. The van der Waals surface area contributed by atoms with E-state index in [9.17, 15) is 4.79 Å². The second kappa shape index (κ2) is 12.2. The Kier molecular flexibility index (Phi) is 12.4. The van der Waals surface area contributed by atoms with Crippen molar-refractivity contribution in [3.05, 3.63) is 0 Å². The fourth-order valence-electron chi connectivity index (χ4n) is 1.16. The van der Waals surface area contributed by atoms with Gasteiger partial charge in [0.1, 0.15) is 6.61 Å². The van der Waals surface area contributed by atoms with Gasteiger partial charge in [0.2, 0.25) is 5.91 Å². The molecule has 0 spiro atoms. The molecule has 0 fully saturated rings. The van der Waals surface area contributed by atoms with Crippen LogP contribution in [-0.2, 0) is 9.53 Å². The van der Waals surface area contributed by atoms with Gasteiger partial charge in [-0.25, -0.2) is 0 Å². The first-order valence-electron chi connectivity index (χ1n) is 5.71. The fraction of sp³-hybridized carbons (Fsp3) is 0.909. The Balaban J connectivity index is 3.10. The summed E-state index contributed by atoms with van der Waals surface area (Å²) in [6, 6.07) is 0. The maximum absolute atomic E-state index is 11.2. The van der Waals surface area contributed by atoms with Gasteiger partial charge in [-0.15, -0.1) is 0 Å². The number of ether oxygens (including phenoxy) is 1. The van der Waals surface area contributed by atoms with E-state index in [1.807, 2.05) is 6.92 Å². The minimum atomic E-state index is 0.0114. The van der Waals surface area contributed by atoms with Crippen LogP contribution in [0.3, 0.4) is 0 Å². The van der Waals surface area contributed by atoms with Gasteiger partial charge in [-0.2, -0.15) is 0 Å². The first-order chi connectivity index (χ1) is 7.31. The van der Waals surface area contributed by atoms with Crippen LogP contribution in [0, 0.1) is 0 Å². The van der Waals surface area contributed by atoms with E-state index in [0.29, 0.717) is 6.61 Å². The summed E-state index contributed by atoms with van der Waals surface area (Å²) in [5, 5.41) is 2.85. The number of nitrogens with one attached hydrogen (secondary N) is 1. The number of rotatable bonds is 10. The summed E-state index contributed by atoms with van der Waals surface area (Å²) < 4.78 is 6.36. The van der Waals surface area contributed by atoms with Crippen LogP contribution in [0.1, 0.15) is 39.0 Å². The zero-order chi connectivity index (χ0) is 11.4. The summed E-state index contributed by atoms with van der Waals surface area (Å²) in [6.45, 7) is 3.70. The maximum atomic E-state index is 11.2. The number of carbonyl (C=O) groups is 1. The Hall–Kier alpha value is 0.160. The first-order valence-corrected chi connectivity index (χ1v) is 7.24. The van der Waals surface area contributed by atoms with Crippen molar-refractivity contribution in [1.29, 1.82) is 0 Å². The molecule has 0 aromatic carbocycles. The van der Waals surface area contributed by atoms with E-state index in [4.69, 9.17) is 4.74 Å². The molecule has 4 heteroatoms. The summed E-state index contributed by atoms with van der Waals surface area (Å²) in [4.78, 5) is 11.2. The summed E-state index contributed by atoms with van der Waals surface area (Å²) in [6.07, 6.45) is 5.80. The zero-order valence-electron chi connectivity index (χ0n) is 9.56. The van der Waals surface area contributed by atoms with Crippen LogP contribution < -0.4 is 5.32 Å². The van der Waals surface area contributed by atoms with Crippen LogP contribution in [0.4, 0.5) is 0 Å². The smallest absolute Gasteiger partial charge is 0.245 e. The lowest BCUT2D eigenvalue weighted by atomic mass is 10.2. The molecule has 0 aromatic rings. The second-order valence-corrected chi connectivity index (χ2v) is 4.58. The molecule has 0 rings (SSSR count). The van der Waals surface area contributed by atoms with E-state index >= 15 is 0 Å². The third-order valence-corrected chi connectivity index (χ3v) is 2.73. The van der Waals surface area contributed by atoms with Gasteiger partial charge in [0.25, 0.3) is 0 Å². The van der Waals surface area contributed by atoms with E-state index in [2.05, 4.69) is 27.9 Å². The van der Waals surface area contributed by atoms with E-state index < -0.39 is 0 Å². The molecule has 0 unspecified atom stereocenters. The van der Waals surface area contributed by atoms with Crippen molar-refractivity contribution in [1.82, 2.24) is 5.32 Å². The zero-order valence-corrected chi connectivity index (χ0v) is 11.7. The normalized spacial score (nSPS) is 10.3. The van der Waals surface area contributed by atoms with Gasteiger partial charge in [-0.05, 0) is 23.7 Å². The van der Waals surface area contributed by atoms with Crippen molar-refractivity contribution in [3.63, 3.8) is 0 Å². The summed E-state index contributed by atoms with van der Waals surface area (Å²) in [5.41, 5.74) is 0. The minimum absolute atomic E-state index is 0.0114. The van der Waals surface area contributed by atoms with Crippen LogP contribution in [-0.4, -0.2) is 30.1 Å². The molecule has 90 valence electrons. The number of amides is 1. The molecule has 0 aromatic heterocycles. The molecule has 0 aliphatic carbocycles. The number of carbonyl (C=O) groups excluding carboxylic acids is 1. The lowest BCUT2D eigenvalue weighted by molar-refractivity contribution is -0.125. The quantitative estimate of drug-likeness (QED) is 0.380. The largest absolute Gasteiger partial charge is 0.372 e. The van der Waals surface area contributed by atoms with Crippen LogP contribution in [0.25, 0.3) is 0 Å². The topological polar surface area (TPSA) is 38.3 Å². The predicted octanol–water partition coefficient (Wildman–Crippen LogP) is 2.52. The van der Waals surface area contributed by atoms with Gasteiger partial charge >= 0.3 is 0 Å². The monoisotopic (exact) mass is 327 g/mol. The third-order valence-electron chi connectivity index (χ3n) is 1.96. The van der Waals surface area contributed by atoms with Gasteiger partial charge < -0.3 is 10.1 Å². The van der Waals surface area contributed by atoms with Crippen LogP contribution >= 0.6 is 22.6 Å². The van der Waals surface area contributed by atoms with Crippen LogP contribution in [0.2, 0.25) is 0 Å². The molecule has 1 amide bonds. The Bertz CT molecular complexity index is 154. The molecule has 0 atom stereocenters. The number of hydrogen-bond acceptors (Lipinski definition) is 2. The number of alkyl halides is 1. The third kappa shape index (κ3) is 12.1. The average molecular weight is 327 g/mol. The molecule has 0 heterocycles. The summed E-state index contributed by atoms with van der Waals surface area (Å²) >= 11 is 2.39. The van der Waals surface area contributed by atoms with Crippen LogP contribution in [0.5, 0.6) is 0 Å². The summed E-state index contributed by atoms with van der Waals surface area (Å²) in [7, 11) is 0. The second-order valence-electron chi connectivity index (χ2n) is 3.51. The van der Waals surface area contributed by atoms with Crippen molar-refractivity contribution < 1.29 is 9.53 Å². The lowest BCUT2D eigenvalue weighted by Gasteiger charge is -2.05. The van der Waals surface area contributed by atoms with E-state index in [1.54, 1.807) is 0 Å². The standard InChI is InChI=1S/C11H22INO2/c1-2-9-15-10-11(14)13-8-6-4-3-5-7-12/h2-10H2,1H3,(H,13,14). The average Bonchev–Trinajstić information content (AvgIpc) is 2.23. The molecule has 0 bridgehead atoms. The highest BCUT2D eigenvalue weighted by Crippen LogP contribution is 2.01. The number of hydrogen-bond donors (Lipinski definition) is 1. The highest BCUT2D eigenvalue weighted by Gasteiger charge is 1.99. The lowest BCUT2D eigenvalue weighted by Crippen LogP contribution is -2.28. The van der Waals surface area contributed by atoms with Gasteiger partial charge in [0.05, 0.1) is 0 Å². The molecule has 3 nitrogen and oxygen atoms in total. The molecule has 0 saturated carbocycles. The molecule has 0 aliphatic rings. The van der Waals surface area contributed by atoms with Gasteiger partial charge in [0.15, 0.2) is 0 Å². The molecule has 0 saturated heterocycles. The van der Waals surface area contributed by atoms with Crippen molar-refractivity contribution in [2.75, 3.05) is 24.2 Å². The highest BCUT2D eigenvalue weighted by molar-refractivity contribution is 14.1. The van der Waals surface area contributed by atoms with Crippen molar-refractivity contribution >= 4 is 28.5 Å². The molecule has 0 aliphatic heterocycles. The van der Waals surface area contributed by atoms with Gasteiger partial charge in [-0.1, -0.05) is 42.4 Å². The van der Waals surface area contributed by atoms with Crippen LogP contribution in [0.15, 0.2) is 0 Å².